The summed E-state index contributed by atoms with van der Waals surface area (Å²) in [6.45, 7) is 8.17. The first-order chi connectivity index (χ1) is 13.7. The van der Waals surface area contributed by atoms with Crippen molar-refractivity contribution < 1.29 is 4.79 Å². The van der Waals surface area contributed by atoms with Crippen molar-refractivity contribution in [3.8, 4) is 5.69 Å². The average Bonchev–Trinajstić information content (AvgIpc) is 3.41. The third kappa shape index (κ3) is 3.61. The molecular weight excluding hydrogens is 372 g/mol. The van der Waals surface area contributed by atoms with E-state index in [0.29, 0.717) is 6.54 Å². The smallest absolute Gasteiger partial charge is 0.264 e. The second-order valence-electron chi connectivity index (χ2n) is 6.76. The van der Waals surface area contributed by atoms with Crippen molar-refractivity contribution in [3.05, 3.63) is 70.2 Å². The molecule has 0 saturated carbocycles. The van der Waals surface area contributed by atoms with Gasteiger partial charge in [0.2, 0.25) is 0 Å². The van der Waals surface area contributed by atoms with Gasteiger partial charge in [0.15, 0.2) is 0 Å². The molecule has 1 atom stereocenters. The van der Waals surface area contributed by atoms with Crippen molar-refractivity contribution in [3.63, 3.8) is 0 Å². The van der Waals surface area contributed by atoms with Gasteiger partial charge in [0.1, 0.15) is 6.33 Å². The summed E-state index contributed by atoms with van der Waals surface area (Å²) in [5.41, 5.74) is 3.12. The number of nitrogens with zero attached hydrogens (tertiary/aromatic N) is 5. The fourth-order valence-electron chi connectivity index (χ4n) is 3.44. The lowest BCUT2D eigenvalue weighted by atomic mass is 10.1. The van der Waals surface area contributed by atoms with Crippen molar-refractivity contribution in [1.82, 2.24) is 30.4 Å². The fourth-order valence-corrected chi connectivity index (χ4v) is 4.58. The number of aromatic nitrogens is 4. The molecule has 3 aromatic rings. The molecule has 0 aliphatic carbocycles. The monoisotopic (exact) mass is 394 g/mol. The van der Waals surface area contributed by atoms with Crippen LogP contribution in [0.2, 0.25) is 0 Å². The Hall–Kier alpha value is -2.84. The highest BCUT2D eigenvalue weighted by Crippen LogP contribution is 2.29. The Balaban J connectivity index is 1.62. The van der Waals surface area contributed by atoms with Crippen molar-refractivity contribution >= 4 is 17.2 Å². The molecule has 0 fully saturated rings. The van der Waals surface area contributed by atoms with Gasteiger partial charge >= 0.3 is 0 Å². The van der Waals surface area contributed by atoms with E-state index in [2.05, 4.69) is 27.4 Å². The van der Waals surface area contributed by atoms with Crippen molar-refractivity contribution in [1.29, 1.82) is 0 Å². The van der Waals surface area contributed by atoms with Crippen LogP contribution in [0.4, 0.5) is 0 Å². The predicted molar refractivity (Wildman–Crippen MR) is 109 cm³/mol. The maximum atomic E-state index is 13.3. The van der Waals surface area contributed by atoms with E-state index < -0.39 is 0 Å². The largest absolute Gasteiger partial charge is 0.327 e. The fraction of sp³-hybridized carbons (Fsp3) is 0.300. The summed E-state index contributed by atoms with van der Waals surface area (Å²) in [6, 6.07) is 9.84. The molecule has 0 spiro atoms. The summed E-state index contributed by atoms with van der Waals surface area (Å²) < 4.78 is 1.61. The Kier molecular flexibility index (Phi) is 5.31. The minimum atomic E-state index is -0.112. The van der Waals surface area contributed by atoms with Crippen LogP contribution in [0.3, 0.4) is 0 Å². The molecule has 1 aliphatic heterocycles. The molecule has 4 rings (SSSR count). The SMILES string of the molecule is C=CCN(C(=O)c1cc2c(s1)CCNC2)C(C)c1cccc(-n2cnnn2)c1. The minimum Gasteiger partial charge on any atom is -0.327 e. The summed E-state index contributed by atoms with van der Waals surface area (Å²) in [6.07, 6.45) is 4.31. The normalized spacial score (nSPS) is 14.3. The summed E-state index contributed by atoms with van der Waals surface area (Å²) in [7, 11) is 0. The summed E-state index contributed by atoms with van der Waals surface area (Å²) in [5.74, 6) is 0.0413. The molecule has 3 heterocycles. The molecule has 1 N–H and O–H groups in total. The number of benzene rings is 1. The molecule has 7 nitrogen and oxygen atoms in total. The standard InChI is InChI=1S/C20H22N6OS/c1-3-9-25(20(27)19-11-16-12-21-8-7-18(16)28-19)14(2)15-5-4-6-17(10-15)26-13-22-23-24-26/h3-6,10-11,13-14,21H,1,7-9,12H2,2H3. The summed E-state index contributed by atoms with van der Waals surface area (Å²) >= 11 is 1.62. The van der Waals surface area contributed by atoms with Gasteiger partial charge < -0.3 is 10.2 Å². The highest BCUT2D eigenvalue weighted by molar-refractivity contribution is 7.14. The van der Waals surface area contributed by atoms with Gasteiger partial charge in [-0.05, 0) is 53.1 Å². The highest BCUT2D eigenvalue weighted by Gasteiger charge is 2.25. The maximum absolute atomic E-state index is 13.3. The van der Waals surface area contributed by atoms with Crippen LogP contribution in [-0.2, 0) is 13.0 Å². The number of hydrogen-bond donors (Lipinski definition) is 1. The van der Waals surface area contributed by atoms with Crippen LogP contribution in [0.15, 0.2) is 49.3 Å². The molecule has 28 heavy (non-hydrogen) atoms. The number of amides is 1. The van der Waals surface area contributed by atoms with Gasteiger partial charge in [-0.1, -0.05) is 18.2 Å². The van der Waals surface area contributed by atoms with E-state index in [4.69, 9.17) is 0 Å². The molecule has 144 valence electrons. The van der Waals surface area contributed by atoms with Crippen LogP contribution in [0.5, 0.6) is 0 Å². The zero-order valence-electron chi connectivity index (χ0n) is 15.7. The van der Waals surface area contributed by atoms with E-state index in [1.54, 1.807) is 28.4 Å². The molecule has 0 radical (unpaired) electrons. The first-order valence-corrected chi connectivity index (χ1v) is 10.1. The number of rotatable bonds is 6. The lowest BCUT2D eigenvalue weighted by Gasteiger charge is -2.28. The van der Waals surface area contributed by atoms with E-state index in [1.165, 1.54) is 10.4 Å². The minimum absolute atomic E-state index is 0.0413. The molecule has 1 unspecified atom stereocenters. The van der Waals surface area contributed by atoms with Gasteiger partial charge in [0, 0.05) is 24.5 Å². The van der Waals surface area contributed by atoms with Crippen LogP contribution >= 0.6 is 11.3 Å². The molecule has 1 aromatic carbocycles. The molecule has 0 saturated heterocycles. The van der Waals surface area contributed by atoms with Crippen LogP contribution in [-0.4, -0.2) is 44.1 Å². The Morgan fingerprint density at radius 1 is 1.46 bits per heavy atom. The van der Waals surface area contributed by atoms with E-state index in [1.807, 2.05) is 42.2 Å². The number of tetrazole rings is 1. The second-order valence-corrected chi connectivity index (χ2v) is 7.89. The number of carbonyl (C=O) groups excluding carboxylic acids is 1. The van der Waals surface area contributed by atoms with Crippen molar-refractivity contribution in [2.24, 2.45) is 0 Å². The van der Waals surface area contributed by atoms with Gasteiger partial charge in [-0.25, -0.2) is 4.68 Å². The third-order valence-electron chi connectivity index (χ3n) is 4.97. The zero-order chi connectivity index (χ0) is 19.5. The van der Waals surface area contributed by atoms with Crippen LogP contribution in [0.25, 0.3) is 5.69 Å². The van der Waals surface area contributed by atoms with Crippen LogP contribution < -0.4 is 5.32 Å². The average molecular weight is 395 g/mol. The number of hydrogen-bond acceptors (Lipinski definition) is 6. The molecule has 8 heteroatoms. The molecule has 1 amide bonds. The molecule has 0 bridgehead atoms. The summed E-state index contributed by atoms with van der Waals surface area (Å²) in [4.78, 5) is 17.3. The highest BCUT2D eigenvalue weighted by atomic mass is 32.1. The third-order valence-corrected chi connectivity index (χ3v) is 6.20. The molecule has 2 aromatic heterocycles. The van der Waals surface area contributed by atoms with Gasteiger partial charge in [-0.2, -0.15) is 0 Å². The van der Waals surface area contributed by atoms with E-state index in [-0.39, 0.29) is 11.9 Å². The lowest BCUT2D eigenvalue weighted by Crippen LogP contribution is -2.33. The van der Waals surface area contributed by atoms with Crippen LogP contribution in [0.1, 0.15) is 38.6 Å². The summed E-state index contributed by atoms with van der Waals surface area (Å²) in [5, 5.41) is 14.7. The van der Waals surface area contributed by atoms with Gasteiger partial charge in [0.05, 0.1) is 16.6 Å². The van der Waals surface area contributed by atoms with E-state index in [0.717, 1.165) is 35.6 Å². The van der Waals surface area contributed by atoms with Crippen LogP contribution in [0, 0.1) is 0 Å². The van der Waals surface area contributed by atoms with E-state index >= 15 is 0 Å². The number of fused-ring (bicyclic) bond motifs is 1. The molecule has 1 aliphatic rings. The second kappa shape index (κ2) is 8.04. The zero-order valence-corrected chi connectivity index (χ0v) is 16.5. The number of thiophene rings is 1. The quantitative estimate of drug-likeness (QED) is 0.651. The van der Waals surface area contributed by atoms with Gasteiger partial charge in [-0.3, -0.25) is 4.79 Å². The molecular formula is C20H22N6OS. The number of carbonyl (C=O) groups is 1. The Labute approximate surface area is 167 Å². The Morgan fingerprint density at radius 2 is 2.36 bits per heavy atom. The first-order valence-electron chi connectivity index (χ1n) is 9.25. The Morgan fingerprint density at radius 3 is 3.11 bits per heavy atom. The number of nitrogens with one attached hydrogen (secondary N) is 1. The maximum Gasteiger partial charge on any atom is 0.264 e. The first kappa shape index (κ1) is 18.5. The topological polar surface area (TPSA) is 75.9 Å². The Bertz CT molecular complexity index is 957. The van der Waals surface area contributed by atoms with Gasteiger partial charge in [-0.15, -0.1) is 23.0 Å². The van der Waals surface area contributed by atoms with Crippen molar-refractivity contribution in [2.75, 3.05) is 13.1 Å². The van der Waals surface area contributed by atoms with E-state index in [9.17, 15) is 4.79 Å². The lowest BCUT2D eigenvalue weighted by molar-refractivity contribution is 0.0719. The van der Waals surface area contributed by atoms with Crippen molar-refractivity contribution in [2.45, 2.75) is 25.9 Å². The predicted octanol–water partition coefficient (Wildman–Crippen LogP) is 2.76. The van der Waals surface area contributed by atoms with Gasteiger partial charge in [0.25, 0.3) is 5.91 Å².